The smallest absolute Gasteiger partial charge is 0.0547 e. The Morgan fingerprint density at radius 1 is 0.286 bits per heavy atom. The van der Waals surface area contributed by atoms with Gasteiger partial charge in [-0.2, -0.15) is 0 Å². The van der Waals surface area contributed by atoms with Gasteiger partial charge in [0, 0.05) is 17.5 Å². The average molecular weight is 903 g/mol. The molecule has 4 saturated carbocycles. The Kier molecular flexibility index (Phi) is 56.1. The molecule has 4 unspecified atom stereocenters. The standard InChI is InChI=1S/4C8H16.C8H10.2C7H14O.7CH4.3H2/c5*1-7-3-5-8(2)6-4-7;2*1-6-3-4-7(2)8-5-6;;;;;;;;;;/h4*7-8H,3-6H2,1-2H3;3-6H,1-2H3;2*6-7H,3-5H2,1-2H3;7*1H4;3*1H/i;;;;;;;;;;;;;;1+1;;. The fraction of sp³-hybridized carbons (Fsp3) is 0.902. The van der Waals surface area contributed by atoms with E-state index >= 15 is 0 Å². The first-order chi connectivity index (χ1) is 26.5. The predicted molar refractivity (Wildman–Crippen MR) is 304 cm³/mol. The molecule has 6 aliphatic rings. The molecule has 1 aromatic carbocycles. The van der Waals surface area contributed by atoms with E-state index in [0.29, 0.717) is 12.2 Å². The van der Waals surface area contributed by atoms with Gasteiger partial charge >= 0.3 is 0 Å². The van der Waals surface area contributed by atoms with E-state index in [1.54, 1.807) is 0 Å². The third kappa shape index (κ3) is 44.7. The summed E-state index contributed by atoms with van der Waals surface area (Å²) in [5.74, 6) is 9.75. The molecule has 2 aliphatic heterocycles. The lowest BCUT2D eigenvalue weighted by atomic mass is 9.84. The van der Waals surface area contributed by atoms with Gasteiger partial charge in [0.15, 0.2) is 0 Å². The van der Waals surface area contributed by atoms with Gasteiger partial charge in [0.25, 0.3) is 0 Å². The van der Waals surface area contributed by atoms with Crippen LogP contribution in [0.15, 0.2) is 24.3 Å². The molecule has 0 bridgehead atoms. The summed E-state index contributed by atoms with van der Waals surface area (Å²) >= 11 is 0. The molecule has 6 fully saturated rings. The average Bonchev–Trinajstić information content (AvgIpc) is 3.18. The van der Waals surface area contributed by atoms with Crippen LogP contribution in [0.25, 0.3) is 0 Å². The molecule has 4 atom stereocenters. The molecule has 2 nitrogen and oxygen atoms in total. The maximum absolute atomic E-state index is 5.39. The highest BCUT2D eigenvalue weighted by molar-refractivity contribution is 5.19. The molecule has 7 rings (SSSR count). The van der Waals surface area contributed by atoms with Crippen LogP contribution in [0.5, 0.6) is 0 Å². The van der Waals surface area contributed by atoms with Crippen molar-refractivity contribution in [1.29, 1.82) is 0 Å². The van der Waals surface area contributed by atoms with Crippen molar-refractivity contribution in [3.05, 3.63) is 35.4 Å². The van der Waals surface area contributed by atoms with E-state index < -0.39 is 0 Å². The second kappa shape index (κ2) is 46.3. The molecule has 0 radical (unpaired) electrons. The number of rotatable bonds is 0. The SMILES string of the molecule is C.C.C.C.C.C.C.CC1CCC(C)CC1.CC1CCC(C)CC1.CC1CCC(C)CC1.CC1CCC(C)CC1.CC1CCC(C)OC1.CC1CCC(C)OC1.Cc1ccc(C)cc1.[2HH].[HH].[HH]. The van der Waals surface area contributed by atoms with Crippen molar-refractivity contribution in [3.63, 3.8) is 0 Å². The topological polar surface area (TPSA) is 18.5 Å². The van der Waals surface area contributed by atoms with Gasteiger partial charge < -0.3 is 9.47 Å². The van der Waals surface area contributed by atoms with Crippen LogP contribution in [0.1, 0.15) is 279 Å². The molecule has 0 amide bonds. The molecule has 1 aromatic rings. The third-order valence-corrected chi connectivity index (χ3v) is 13.9. The maximum Gasteiger partial charge on any atom is 0.0547 e. The number of ether oxygens (including phenoxy) is 2. The Hall–Kier alpha value is -0.860. The van der Waals surface area contributed by atoms with E-state index in [-0.39, 0.29) is 56.3 Å². The van der Waals surface area contributed by atoms with Crippen LogP contribution in [0.3, 0.4) is 0 Å². The van der Waals surface area contributed by atoms with Crippen LogP contribution in [0.2, 0.25) is 0 Å². The summed E-state index contributed by atoms with van der Waals surface area (Å²) in [5, 5.41) is 0. The molecule has 0 N–H and O–H groups in total. The van der Waals surface area contributed by atoms with Gasteiger partial charge in [-0.15, -0.1) is 0 Å². The van der Waals surface area contributed by atoms with Crippen molar-refractivity contribution in [2.24, 2.45) is 59.2 Å². The van der Waals surface area contributed by atoms with Crippen LogP contribution in [0, 0.1) is 73.0 Å². The van der Waals surface area contributed by atoms with Crippen LogP contribution in [-0.2, 0) is 9.47 Å². The zero-order valence-corrected chi connectivity index (χ0v) is 40.6. The summed E-state index contributed by atoms with van der Waals surface area (Å²) in [6, 6.07) is 8.48. The fourth-order valence-electron chi connectivity index (χ4n) is 8.37. The highest BCUT2D eigenvalue weighted by Gasteiger charge is 2.17. The summed E-state index contributed by atoms with van der Waals surface area (Å²) in [7, 11) is 0. The molecule has 0 spiro atoms. The Bertz CT molecular complexity index is 752. The minimum absolute atomic E-state index is 0. The summed E-state index contributed by atoms with van der Waals surface area (Å²) in [4.78, 5) is 0. The van der Waals surface area contributed by atoms with E-state index in [1.165, 1.54) is 140 Å². The van der Waals surface area contributed by atoms with Gasteiger partial charge in [0.2, 0.25) is 0 Å². The number of hydrogen-bond acceptors (Lipinski definition) is 2. The van der Waals surface area contributed by atoms with Gasteiger partial charge in [-0.25, -0.2) is 0 Å². The molecule has 2 saturated heterocycles. The van der Waals surface area contributed by atoms with E-state index in [4.69, 9.17) is 9.47 Å². The Morgan fingerprint density at radius 2 is 0.429 bits per heavy atom. The lowest BCUT2D eigenvalue weighted by Gasteiger charge is -2.23. The lowest BCUT2D eigenvalue weighted by molar-refractivity contribution is 0.000174. The maximum atomic E-state index is 5.39. The molecule has 0 aromatic heterocycles. The number of aryl methyl sites for hydroxylation is 2. The van der Waals surface area contributed by atoms with Crippen molar-refractivity contribution in [3.8, 4) is 0 Å². The van der Waals surface area contributed by atoms with E-state index in [2.05, 4.69) is 121 Å². The second-order valence-electron chi connectivity index (χ2n) is 21.3. The number of benzene rings is 1. The molecular formula is C61H136O2. The zero-order valence-electron chi connectivity index (χ0n) is 40.6. The van der Waals surface area contributed by atoms with Crippen LogP contribution in [0.4, 0.5) is 0 Å². The van der Waals surface area contributed by atoms with Gasteiger partial charge in [-0.05, 0) is 113 Å². The highest BCUT2D eigenvalue weighted by Crippen LogP contribution is 2.29. The normalized spacial score (nSPS) is 31.5. The van der Waals surface area contributed by atoms with Crippen LogP contribution in [-0.4, -0.2) is 25.4 Å². The zero-order chi connectivity index (χ0) is 41.9. The van der Waals surface area contributed by atoms with E-state index in [1.807, 2.05) is 0 Å². The van der Waals surface area contributed by atoms with Crippen LogP contribution >= 0.6 is 0 Å². The Labute approximate surface area is 409 Å². The number of hydrogen-bond donors (Lipinski definition) is 0. The van der Waals surface area contributed by atoms with Crippen LogP contribution < -0.4 is 0 Å². The molecule has 2 heteroatoms. The van der Waals surface area contributed by atoms with Crippen molar-refractivity contribution in [2.75, 3.05) is 13.2 Å². The Morgan fingerprint density at radius 3 is 0.540 bits per heavy atom. The summed E-state index contributed by atoms with van der Waals surface area (Å²) < 4.78 is 10.8. The van der Waals surface area contributed by atoms with Crippen molar-refractivity contribution >= 4 is 0 Å². The molecule has 63 heavy (non-hydrogen) atoms. The van der Waals surface area contributed by atoms with Gasteiger partial charge in [-0.1, -0.05) is 259 Å². The largest absolute Gasteiger partial charge is 0.378 e. The predicted octanol–water partition coefficient (Wildman–Crippen LogP) is 22.5. The van der Waals surface area contributed by atoms with Crippen molar-refractivity contribution in [2.45, 2.75) is 290 Å². The minimum atomic E-state index is 0. The van der Waals surface area contributed by atoms with E-state index in [9.17, 15) is 0 Å². The monoisotopic (exact) mass is 902 g/mol. The first-order valence-corrected chi connectivity index (χ1v) is 24.8. The van der Waals surface area contributed by atoms with Crippen molar-refractivity contribution in [1.82, 2.24) is 0 Å². The minimum Gasteiger partial charge on any atom is -0.378 e. The second-order valence-corrected chi connectivity index (χ2v) is 21.3. The van der Waals surface area contributed by atoms with Crippen molar-refractivity contribution < 1.29 is 13.8 Å². The fourth-order valence-corrected chi connectivity index (χ4v) is 8.37. The molecular weight excluding hydrogens is 765 g/mol. The van der Waals surface area contributed by atoms with E-state index in [0.717, 1.165) is 72.4 Å². The quantitative estimate of drug-likeness (QED) is 0.258. The Balaban J connectivity index is -0.0000000676. The highest BCUT2D eigenvalue weighted by atomic mass is 16.5. The first-order valence-electron chi connectivity index (χ1n) is 24.8. The lowest BCUT2D eigenvalue weighted by Crippen LogP contribution is -2.21. The third-order valence-electron chi connectivity index (χ3n) is 13.9. The first kappa shape index (κ1) is 76.4. The van der Waals surface area contributed by atoms with Gasteiger partial charge in [0.1, 0.15) is 0 Å². The summed E-state index contributed by atoms with van der Waals surface area (Å²) in [5.41, 5.74) is 2.66. The summed E-state index contributed by atoms with van der Waals surface area (Å²) in [6.07, 6.45) is 29.8. The molecule has 4 aliphatic carbocycles. The molecule has 2 heterocycles. The van der Waals surface area contributed by atoms with Gasteiger partial charge in [0.05, 0.1) is 12.2 Å². The summed E-state index contributed by atoms with van der Waals surface area (Å²) in [6.45, 7) is 33.8. The van der Waals surface area contributed by atoms with Gasteiger partial charge in [-0.3, -0.25) is 0 Å². The molecule has 392 valence electrons.